The van der Waals surface area contributed by atoms with Gasteiger partial charge in [0.15, 0.2) is 0 Å². The number of urea groups is 1. The monoisotopic (exact) mass is 375 g/mol. The molecule has 116 valence electrons. The molecule has 1 fully saturated rings. The molecule has 0 bridgehead atoms. The quantitative estimate of drug-likeness (QED) is 0.822. The van der Waals surface area contributed by atoms with Crippen molar-refractivity contribution in [2.24, 2.45) is 0 Å². The van der Waals surface area contributed by atoms with Crippen molar-refractivity contribution in [1.29, 1.82) is 0 Å². The molecule has 1 aliphatic heterocycles. The Morgan fingerprint density at radius 1 is 1.29 bits per heavy atom. The fourth-order valence-corrected chi connectivity index (χ4v) is 3.57. The second-order valence-electron chi connectivity index (χ2n) is 4.84. The van der Waals surface area contributed by atoms with Crippen LogP contribution in [0, 0.1) is 0 Å². The Balaban J connectivity index is 1.69. The van der Waals surface area contributed by atoms with E-state index in [-0.39, 0.29) is 12.5 Å². The van der Waals surface area contributed by atoms with Gasteiger partial charge in [0.05, 0.1) is 16.8 Å². The molecule has 21 heavy (non-hydrogen) atoms. The van der Waals surface area contributed by atoms with Gasteiger partial charge in [-0.25, -0.2) is 4.79 Å². The summed E-state index contributed by atoms with van der Waals surface area (Å²) in [5, 5.41) is 11.6. The van der Waals surface area contributed by atoms with Crippen molar-refractivity contribution in [1.82, 2.24) is 15.1 Å². The molecule has 6 nitrogen and oxygen atoms in total. The molecule has 2 amide bonds. The molecule has 1 aromatic heterocycles. The summed E-state index contributed by atoms with van der Waals surface area (Å²) in [4.78, 5) is 27.5. The average molecular weight is 376 g/mol. The molecule has 2 N–H and O–H groups in total. The third-order valence-corrected chi connectivity index (χ3v) is 4.97. The van der Waals surface area contributed by atoms with Crippen LogP contribution in [-0.4, -0.2) is 59.6 Å². The van der Waals surface area contributed by atoms with Gasteiger partial charge in [0.25, 0.3) is 0 Å². The summed E-state index contributed by atoms with van der Waals surface area (Å²) in [5.74, 6) is -0.780. The van der Waals surface area contributed by atoms with Gasteiger partial charge in [0.1, 0.15) is 0 Å². The summed E-state index contributed by atoms with van der Waals surface area (Å²) in [6.07, 6.45) is 0.152. The number of carboxylic acids is 1. The molecule has 0 unspecified atom stereocenters. The highest BCUT2D eigenvalue weighted by molar-refractivity contribution is 9.11. The summed E-state index contributed by atoms with van der Waals surface area (Å²) in [5.41, 5.74) is 0. The number of halogens is 1. The SMILES string of the molecule is O=C(O)CCN1CCN(C(=O)NCc2ccc(Br)s2)CC1. The molecular formula is C13H18BrN3O3S. The lowest BCUT2D eigenvalue weighted by molar-refractivity contribution is -0.137. The number of nitrogens with zero attached hydrogens (tertiary/aromatic N) is 2. The van der Waals surface area contributed by atoms with E-state index in [1.165, 1.54) is 0 Å². The van der Waals surface area contributed by atoms with Gasteiger partial charge in [0, 0.05) is 37.6 Å². The van der Waals surface area contributed by atoms with Crippen LogP contribution in [0.1, 0.15) is 11.3 Å². The zero-order chi connectivity index (χ0) is 15.2. The molecule has 8 heteroatoms. The van der Waals surface area contributed by atoms with Crippen LogP contribution < -0.4 is 5.32 Å². The smallest absolute Gasteiger partial charge is 0.317 e. The van der Waals surface area contributed by atoms with Gasteiger partial charge in [-0.2, -0.15) is 0 Å². The lowest BCUT2D eigenvalue weighted by Gasteiger charge is -2.34. The Morgan fingerprint density at radius 3 is 2.57 bits per heavy atom. The maximum Gasteiger partial charge on any atom is 0.317 e. The van der Waals surface area contributed by atoms with Crippen molar-refractivity contribution in [2.45, 2.75) is 13.0 Å². The van der Waals surface area contributed by atoms with Gasteiger partial charge in [-0.1, -0.05) is 0 Å². The largest absolute Gasteiger partial charge is 0.481 e. The van der Waals surface area contributed by atoms with Gasteiger partial charge in [-0.05, 0) is 28.1 Å². The number of piperazine rings is 1. The molecule has 1 aliphatic rings. The second kappa shape index (κ2) is 7.77. The van der Waals surface area contributed by atoms with Gasteiger partial charge in [-0.3, -0.25) is 9.69 Å². The minimum Gasteiger partial charge on any atom is -0.481 e. The highest BCUT2D eigenvalue weighted by Gasteiger charge is 2.21. The lowest BCUT2D eigenvalue weighted by Crippen LogP contribution is -2.51. The Kier molecular flexibility index (Phi) is 6.01. The van der Waals surface area contributed by atoms with Crippen LogP contribution in [0.25, 0.3) is 0 Å². The number of rotatable bonds is 5. The molecule has 0 radical (unpaired) electrons. The highest BCUT2D eigenvalue weighted by atomic mass is 79.9. The first-order chi connectivity index (χ1) is 10.0. The van der Waals surface area contributed by atoms with Crippen LogP contribution in [0.5, 0.6) is 0 Å². The van der Waals surface area contributed by atoms with Crippen molar-refractivity contribution < 1.29 is 14.7 Å². The van der Waals surface area contributed by atoms with E-state index in [0.29, 0.717) is 26.2 Å². The Morgan fingerprint density at radius 2 is 2.00 bits per heavy atom. The molecule has 1 aromatic rings. The van der Waals surface area contributed by atoms with Crippen LogP contribution in [-0.2, 0) is 11.3 Å². The Hall–Kier alpha value is -1.12. The maximum atomic E-state index is 12.0. The first-order valence-corrected chi connectivity index (χ1v) is 8.36. The van der Waals surface area contributed by atoms with Gasteiger partial charge >= 0.3 is 12.0 Å². The van der Waals surface area contributed by atoms with E-state index in [4.69, 9.17) is 5.11 Å². The summed E-state index contributed by atoms with van der Waals surface area (Å²) in [6.45, 7) is 3.82. The van der Waals surface area contributed by atoms with Gasteiger partial charge < -0.3 is 15.3 Å². The van der Waals surface area contributed by atoms with Gasteiger partial charge in [-0.15, -0.1) is 11.3 Å². The first-order valence-electron chi connectivity index (χ1n) is 6.76. The number of carbonyl (C=O) groups excluding carboxylic acids is 1. The third-order valence-electron chi connectivity index (χ3n) is 3.34. The number of aliphatic carboxylic acids is 1. The van der Waals surface area contributed by atoms with E-state index >= 15 is 0 Å². The fourth-order valence-electron chi connectivity index (χ4n) is 2.15. The van der Waals surface area contributed by atoms with Crippen LogP contribution in [0.15, 0.2) is 15.9 Å². The number of hydrogen-bond donors (Lipinski definition) is 2. The Labute approximate surface area is 135 Å². The average Bonchev–Trinajstić information content (AvgIpc) is 2.89. The number of thiophene rings is 1. The zero-order valence-corrected chi connectivity index (χ0v) is 14.0. The normalized spacial score (nSPS) is 16.0. The van der Waals surface area contributed by atoms with E-state index < -0.39 is 5.97 Å². The number of carbonyl (C=O) groups is 2. The van der Waals surface area contributed by atoms with E-state index in [2.05, 4.69) is 26.1 Å². The second-order valence-corrected chi connectivity index (χ2v) is 7.38. The van der Waals surface area contributed by atoms with E-state index in [9.17, 15) is 9.59 Å². The lowest BCUT2D eigenvalue weighted by atomic mass is 10.3. The van der Waals surface area contributed by atoms with E-state index in [1.54, 1.807) is 16.2 Å². The molecule has 0 spiro atoms. The molecule has 1 saturated heterocycles. The van der Waals surface area contributed by atoms with Crippen LogP contribution >= 0.6 is 27.3 Å². The van der Waals surface area contributed by atoms with Gasteiger partial charge in [0.2, 0.25) is 0 Å². The molecule has 0 saturated carbocycles. The maximum absolute atomic E-state index is 12.0. The summed E-state index contributed by atoms with van der Waals surface area (Å²) >= 11 is 5.00. The topological polar surface area (TPSA) is 72.9 Å². The van der Waals surface area contributed by atoms with Crippen molar-refractivity contribution in [3.63, 3.8) is 0 Å². The van der Waals surface area contributed by atoms with Crippen molar-refractivity contribution in [3.05, 3.63) is 20.8 Å². The predicted molar refractivity (Wildman–Crippen MR) is 84.5 cm³/mol. The van der Waals surface area contributed by atoms with Crippen LogP contribution in [0.3, 0.4) is 0 Å². The number of hydrogen-bond acceptors (Lipinski definition) is 4. The molecule has 2 heterocycles. The molecule has 0 aromatic carbocycles. The van der Waals surface area contributed by atoms with Crippen molar-refractivity contribution in [2.75, 3.05) is 32.7 Å². The van der Waals surface area contributed by atoms with E-state index in [0.717, 1.165) is 21.8 Å². The predicted octanol–water partition coefficient (Wildman–Crippen LogP) is 1.81. The number of nitrogens with one attached hydrogen (secondary N) is 1. The van der Waals surface area contributed by atoms with Crippen molar-refractivity contribution >= 4 is 39.3 Å². The fraction of sp³-hybridized carbons (Fsp3) is 0.538. The summed E-state index contributed by atoms with van der Waals surface area (Å²) in [6, 6.07) is 3.89. The first kappa shape index (κ1) is 16.3. The Bertz CT molecular complexity index is 501. The minimum atomic E-state index is -0.780. The number of carboxylic acid groups (broad SMARTS) is 1. The summed E-state index contributed by atoms with van der Waals surface area (Å²) < 4.78 is 1.05. The standard InChI is InChI=1S/C13H18BrN3O3S/c14-11-2-1-10(21-11)9-15-13(20)17-7-5-16(6-8-17)4-3-12(18)19/h1-2H,3-9H2,(H,15,20)(H,18,19). The minimum absolute atomic E-state index is 0.0580. The van der Waals surface area contributed by atoms with Crippen LogP contribution in [0.4, 0.5) is 4.79 Å². The zero-order valence-electron chi connectivity index (χ0n) is 11.5. The van der Waals surface area contributed by atoms with Crippen molar-refractivity contribution in [3.8, 4) is 0 Å². The van der Waals surface area contributed by atoms with E-state index in [1.807, 2.05) is 12.1 Å². The summed E-state index contributed by atoms with van der Waals surface area (Å²) in [7, 11) is 0. The number of amides is 2. The molecular weight excluding hydrogens is 358 g/mol. The molecule has 0 atom stereocenters. The third kappa shape index (κ3) is 5.29. The molecule has 2 rings (SSSR count). The molecule has 0 aliphatic carbocycles. The highest BCUT2D eigenvalue weighted by Crippen LogP contribution is 2.21. The van der Waals surface area contributed by atoms with Crippen LogP contribution in [0.2, 0.25) is 0 Å².